The molecule has 0 aliphatic rings. The van der Waals surface area contributed by atoms with Gasteiger partial charge in [0.05, 0.1) is 6.04 Å². The monoisotopic (exact) mass is 351 g/mol. The maximum absolute atomic E-state index is 6.15. The Morgan fingerprint density at radius 2 is 1.60 bits per heavy atom. The van der Waals surface area contributed by atoms with Crippen molar-refractivity contribution in [1.82, 2.24) is 5.32 Å². The molecule has 106 valence electrons. The van der Waals surface area contributed by atoms with Crippen LogP contribution in [-0.4, -0.2) is 7.05 Å². The van der Waals surface area contributed by atoms with Crippen LogP contribution in [0, 0.1) is 20.8 Å². The fourth-order valence-corrected chi connectivity index (χ4v) is 3.16. The summed E-state index contributed by atoms with van der Waals surface area (Å²) in [6.45, 7) is 6.46. The summed E-state index contributed by atoms with van der Waals surface area (Å²) in [5, 5.41) is 4.16. The molecular formula is C17H19BrClN. The lowest BCUT2D eigenvalue weighted by Gasteiger charge is -2.22. The average molecular weight is 353 g/mol. The van der Waals surface area contributed by atoms with E-state index in [9.17, 15) is 0 Å². The predicted octanol–water partition coefficient (Wildman–Crippen LogP) is 5.34. The van der Waals surface area contributed by atoms with Gasteiger partial charge in [-0.2, -0.15) is 0 Å². The number of aryl methyl sites for hydroxylation is 3. The van der Waals surface area contributed by atoms with Crippen molar-refractivity contribution in [3.8, 4) is 0 Å². The molecule has 1 atom stereocenters. The number of halogens is 2. The topological polar surface area (TPSA) is 12.0 Å². The highest BCUT2D eigenvalue weighted by Gasteiger charge is 2.18. The predicted molar refractivity (Wildman–Crippen MR) is 90.7 cm³/mol. The quantitative estimate of drug-likeness (QED) is 0.786. The van der Waals surface area contributed by atoms with Crippen LogP contribution in [0.4, 0.5) is 0 Å². The van der Waals surface area contributed by atoms with E-state index in [-0.39, 0.29) is 6.04 Å². The first-order valence-electron chi connectivity index (χ1n) is 6.64. The molecule has 2 rings (SSSR count). The Labute approximate surface area is 134 Å². The van der Waals surface area contributed by atoms with E-state index in [4.69, 9.17) is 11.6 Å². The zero-order valence-electron chi connectivity index (χ0n) is 12.2. The van der Waals surface area contributed by atoms with Gasteiger partial charge in [0.1, 0.15) is 0 Å². The molecule has 20 heavy (non-hydrogen) atoms. The lowest BCUT2D eigenvalue weighted by atomic mass is 9.92. The molecule has 2 aromatic carbocycles. The highest BCUT2D eigenvalue weighted by molar-refractivity contribution is 9.10. The maximum atomic E-state index is 6.15. The van der Waals surface area contributed by atoms with Crippen LogP contribution in [-0.2, 0) is 0 Å². The molecule has 0 spiro atoms. The second-order valence-electron chi connectivity index (χ2n) is 5.18. The van der Waals surface area contributed by atoms with Gasteiger partial charge in [-0.05, 0) is 73.8 Å². The maximum Gasteiger partial charge on any atom is 0.0588 e. The number of hydrogen-bond donors (Lipinski definition) is 1. The lowest BCUT2D eigenvalue weighted by Crippen LogP contribution is -2.19. The smallest absolute Gasteiger partial charge is 0.0588 e. The Bertz CT molecular complexity index is 637. The first kappa shape index (κ1) is 15.6. The molecule has 1 nitrogen and oxygen atoms in total. The second kappa shape index (κ2) is 6.30. The van der Waals surface area contributed by atoms with Crippen molar-refractivity contribution in [2.45, 2.75) is 26.8 Å². The molecule has 0 radical (unpaired) electrons. The SMILES string of the molecule is CNC(c1cc(C)c(C)cc1C)c1cc(Cl)ccc1Br. The molecule has 0 saturated heterocycles. The number of hydrogen-bond acceptors (Lipinski definition) is 1. The van der Waals surface area contributed by atoms with Crippen LogP contribution in [0.1, 0.15) is 33.9 Å². The number of benzene rings is 2. The van der Waals surface area contributed by atoms with Crippen LogP contribution >= 0.6 is 27.5 Å². The molecule has 1 N–H and O–H groups in total. The van der Waals surface area contributed by atoms with Gasteiger partial charge in [0, 0.05) is 9.50 Å². The minimum absolute atomic E-state index is 0.127. The Hall–Kier alpha value is -0.830. The molecule has 0 aliphatic carbocycles. The molecule has 2 aromatic rings. The van der Waals surface area contributed by atoms with Crippen molar-refractivity contribution < 1.29 is 0 Å². The normalized spacial score (nSPS) is 12.5. The van der Waals surface area contributed by atoms with E-state index in [1.165, 1.54) is 22.3 Å². The molecule has 0 aromatic heterocycles. The fourth-order valence-electron chi connectivity index (χ4n) is 2.51. The van der Waals surface area contributed by atoms with Gasteiger partial charge in [-0.25, -0.2) is 0 Å². The van der Waals surface area contributed by atoms with Gasteiger partial charge in [-0.1, -0.05) is 39.7 Å². The van der Waals surface area contributed by atoms with Crippen LogP contribution in [0.2, 0.25) is 5.02 Å². The third-order valence-corrected chi connectivity index (χ3v) is 4.71. The van der Waals surface area contributed by atoms with E-state index in [1.54, 1.807) is 0 Å². The third-order valence-electron chi connectivity index (χ3n) is 3.75. The van der Waals surface area contributed by atoms with E-state index in [0.29, 0.717) is 0 Å². The number of rotatable bonds is 3. The van der Waals surface area contributed by atoms with Crippen LogP contribution in [0.25, 0.3) is 0 Å². The van der Waals surface area contributed by atoms with Gasteiger partial charge >= 0.3 is 0 Å². The first-order valence-corrected chi connectivity index (χ1v) is 7.81. The van der Waals surface area contributed by atoms with E-state index in [2.05, 4.69) is 54.2 Å². The minimum Gasteiger partial charge on any atom is -0.309 e. The van der Waals surface area contributed by atoms with Gasteiger partial charge in [-0.15, -0.1) is 0 Å². The Morgan fingerprint density at radius 3 is 2.25 bits per heavy atom. The molecule has 0 bridgehead atoms. The van der Waals surface area contributed by atoms with Crippen LogP contribution in [0.3, 0.4) is 0 Å². The van der Waals surface area contributed by atoms with Crippen LogP contribution in [0.15, 0.2) is 34.8 Å². The number of nitrogens with one attached hydrogen (secondary N) is 1. The van der Waals surface area contributed by atoms with E-state index >= 15 is 0 Å². The zero-order valence-corrected chi connectivity index (χ0v) is 14.6. The molecule has 0 heterocycles. The highest BCUT2D eigenvalue weighted by Crippen LogP contribution is 2.33. The molecule has 0 amide bonds. The molecule has 1 unspecified atom stereocenters. The second-order valence-corrected chi connectivity index (χ2v) is 6.47. The zero-order chi connectivity index (χ0) is 14.9. The summed E-state index contributed by atoms with van der Waals surface area (Å²) in [5.41, 5.74) is 6.37. The van der Waals surface area contributed by atoms with Crippen molar-refractivity contribution >= 4 is 27.5 Å². The Kier molecular flexibility index (Phi) is 4.90. The summed E-state index contributed by atoms with van der Waals surface area (Å²) >= 11 is 9.78. The molecule has 0 saturated carbocycles. The summed E-state index contributed by atoms with van der Waals surface area (Å²) in [4.78, 5) is 0. The summed E-state index contributed by atoms with van der Waals surface area (Å²) < 4.78 is 1.07. The first-order chi connectivity index (χ1) is 9.43. The Morgan fingerprint density at radius 1 is 0.950 bits per heavy atom. The molecule has 3 heteroatoms. The van der Waals surface area contributed by atoms with Gasteiger partial charge in [0.2, 0.25) is 0 Å². The molecule has 0 aliphatic heterocycles. The van der Waals surface area contributed by atoms with E-state index in [0.717, 1.165) is 15.1 Å². The summed E-state index contributed by atoms with van der Waals surface area (Å²) in [6, 6.07) is 10.5. The van der Waals surface area contributed by atoms with Gasteiger partial charge in [-0.3, -0.25) is 0 Å². The largest absolute Gasteiger partial charge is 0.309 e. The van der Waals surface area contributed by atoms with Crippen molar-refractivity contribution in [3.05, 3.63) is 67.6 Å². The lowest BCUT2D eigenvalue weighted by molar-refractivity contribution is 0.684. The van der Waals surface area contributed by atoms with E-state index in [1.807, 2.05) is 25.2 Å². The fraction of sp³-hybridized carbons (Fsp3) is 0.294. The van der Waals surface area contributed by atoms with Gasteiger partial charge in [0.15, 0.2) is 0 Å². The van der Waals surface area contributed by atoms with E-state index < -0.39 is 0 Å². The highest BCUT2D eigenvalue weighted by atomic mass is 79.9. The molecular weight excluding hydrogens is 334 g/mol. The summed E-state index contributed by atoms with van der Waals surface area (Å²) in [6.07, 6.45) is 0. The van der Waals surface area contributed by atoms with Crippen LogP contribution < -0.4 is 5.32 Å². The van der Waals surface area contributed by atoms with Gasteiger partial charge < -0.3 is 5.32 Å². The van der Waals surface area contributed by atoms with Crippen LogP contribution in [0.5, 0.6) is 0 Å². The molecule has 0 fully saturated rings. The van der Waals surface area contributed by atoms with Crippen molar-refractivity contribution in [1.29, 1.82) is 0 Å². The minimum atomic E-state index is 0.127. The third kappa shape index (κ3) is 3.08. The average Bonchev–Trinajstić information content (AvgIpc) is 2.40. The summed E-state index contributed by atoms with van der Waals surface area (Å²) in [5.74, 6) is 0. The van der Waals surface area contributed by atoms with Crippen molar-refractivity contribution in [2.75, 3.05) is 7.05 Å². The standard InChI is InChI=1S/C17H19BrClN/c1-10-7-12(3)14(8-11(10)2)17(20-4)15-9-13(19)5-6-16(15)18/h5-9,17,20H,1-4H3. The Balaban J connectivity index is 2.58. The van der Waals surface area contributed by atoms with Gasteiger partial charge in [0.25, 0.3) is 0 Å². The summed E-state index contributed by atoms with van der Waals surface area (Å²) in [7, 11) is 1.98. The van der Waals surface area contributed by atoms with Crippen molar-refractivity contribution in [2.24, 2.45) is 0 Å². The van der Waals surface area contributed by atoms with Crippen molar-refractivity contribution in [3.63, 3.8) is 0 Å².